The Kier molecular flexibility index (Phi) is 4.72. The van der Waals surface area contributed by atoms with E-state index in [0.29, 0.717) is 0 Å². The maximum atomic E-state index is 2.40. The van der Waals surface area contributed by atoms with E-state index in [1.54, 1.807) is 5.57 Å². The average molecular weight is 190 g/mol. The zero-order valence-electron chi connectivity index (χ0n) is 9.72. The summed E-state index contributed by atoms with van der Waals surface area (Å²) in [5.41, 5.74) is 3.07. The van der Waals surface area contributed by atoms with Crippen LogP contribution in [0.25, 0.3) is 0 Å². The molecule has 0 saturated carbocycles. The Morgan fingerprint density at radius 2 is 2.14 bits per heavy atom. The highest BCUT2D eigenvalue weighted by atomic mass is 14.1. The van der Waals surface area contributed by atoms with Crippen LogP contribution in [0.3, 0.4) is 0 Å². The van der Waals surface area contributed by atoms with Gasteiger partial charge in [-0.1, -0.05) is 57.1 Å². The number of allylic oxidation sites excluding steroid dienone is 6. The lowest BCUT2D eigenvalue weighted by Crippen LogP contribution is -1.98. The van der Waals surface area contributed by atoms with Gasteiger partial charge < -0.3 is 0 Å². The highest BCUT2D eigenvalue weighted by Gasteiger charge is 2.08. The summed E-state index contributed by atoms with van der Waals surface area (Å²) in [7, 11) is 0. The van der Waals surface area contributed by atoms with E-state index in [2.05, 4.69) is 45.1 Å². The third-order valence-corrected chi connectivity index (χ3v) is 2.93. The summed E-state index contributed by atoms with van der Waals surface area (Å²) in [5, 5.41) is 0. The minimum Gasteiger partial charge on any atom is -0.0804 e. The average Bonchev–Trinajstić information content (AvgIpc) is 2.43. The van der Waals surface area contributed by atoms with Crippen molar-refractivity contribution in [2.45, 2.75) is 46.5 Å². The molecule has 78 valence electrons. The molecule has 0 heteroatoms. The Bertz CT molecular complexity index is 253. The van der Waals surface area contributed by atoms with Gasteiger partial charge in [-0.2, -0.15) is 0 Å². The van der Waals surface area contributed by atoms with Gasteiger partial charge in [-0.3, -0.25) is 0 Å². The lowest BCUT2D eigenvalue weighted by molar-refractivity contribution is 0.591. The molecule has 0 heterocycles. The topological polar surface area (TPSA) is 0 Å². The quantitative estimate of drug-likeness (QED) is 0.605. The summed E-state index contributed by atoms with van der Waals surface area (Å²) < 4.78 is 0. The van der Waals surface area contributed by atoms with Gasteiger partial charge >= 0.3 is 0 Å². The van der Waals surface area contributed by atoms with Crippen molar-refractivity contribution in [1.29, 1.82) is 0 Å². The smallest absolute Gasteiger partial charge is 0.0130 e. The predicted molar refractivity (Wildman–Crippen MR) is 64.3 cm³/mol. The molecule has 1 aliphatic carbocycles. The molecule has 0 spiro atoms. The van der Waals surface area contributed by atoms with Gasteiger partial charge in [0.05, 0.1) is 0 Å². The highest BCUT2D eigenvalue weighted by molar-refractivity contribution is 5.32. The van der Waals surface area contributed by atoms with Crippen molar-refractivity contribution in [1.82, 2.24) is 0 Å². The summed E-state index contributed by atoms with van der Waals surface area (Å²) in [6, 6.07) is 0. The summed E-state index contributed by atoms with van der Waals surface area (Å²) in [4.78, 5) is 0. The van der Waals surface area contributed by atoms with Crippen LogP contribution in [0, 0.1) is 5.92 Å². The molecule has 0 nitrogen and oxygen atoms in total. The molecule has 0 amide bonds. The molecule has 0 bridgehead atoms. The summed E-state index contributed by atoms with van der Waals surface area (Å²) >= 11 is 0. The van der Waals surface area contributed by atoms with E-state index in [1.807, 2.05) is 0 Å². The maximum Gasteiger partial charge on any atom is -0.0130 e. The summed E-state index contributed by atoms with van der Waals surface area (Å²) in [5.74, 6) is 0.748. The van der Waals surface area contributed by atoms with Crippen molar-refractivity contribution in [2.24, 2.45) is 5.92 Å². The fraction of sp³-hybridized carbons (Fsp3) is 0.571. The molecule has 0 N–H and O–H groups in total. The van der Waals surface area contributed by atoms with Gasteiger partial charge in [0, 0.05) is 0 Å². The second-order valence-corrected chi connectivity index (χ2v) is 4.14. The van der Waals surface area contributed by atoms with Crippen molar-refractivity contribution in [3.63, 3.8) is 0 Å². The Balaban J connectivity index is 2.72. The van der Waals surface area contributed by atoms with Crippen LogP contribution < -0.4 is 0 Å². The Morgan fingerprint density at radius 3 is 2.79 bits per heavy atom. The second-order valence-electron chi connectivity index (χ2n) is 4.14. The molecule has 0 aromatic rings. The largest absolute Gasteiger partial charge is 0.0804 e. The van der Waals surface area contributed by atoms with E-state index in [4.69, 9.17) is 0 Å². The van der Waals surface area contributed by atoms with Gasteiger partial charge in [0.1, 0.15) is 0 Å². The standard InChI is InChI=1S/C14H22/c1-4-8-12(3)14-10-7-6-9-13(5-2)11-14/h6-7,9,11-12H,4-5,8,10H2,1-3H3. The third-order valence-electron chi connectivity index (χ3n) is 2.93. The molecule has 1 rings (SSSR count). The van der Waals surface area contributed by atoms with E-state index >= 15 is 0 Å². The van der Waals surface area contributed by atoms with E-state index in [-0.39, 0.29) is 0 Å². The molecule has 1 atom stereocenters. The van der Waals surface area contributed by atoms with Crippen LogP contribution in [-0.2, 0) is 0 Å². The van der Waals surface area contributed by atoms with Crippen LogP contribution in [-0.4, -0.2) is 0 Å². The Hall–Kier alpha value is -0.780. The van der Waals surface area contributed by atoms with Gasteiger partial charge in [-0.05, 0) is 30.8 Å². The van der Waals surface area contributed by atoms with Gasteiger partial charge in [-0.15, -0.1) is 0 Å². The normalized spacial score (nSPS) is 18.5. The van der Waals surface area contributed by atoms with Gasteiger partial charge in [-0.25, -0.2) is 0 Å². The Morgan fingerprint density at radius 1 is 1.36 bits per heavy atom. The third kappa shape index (κ3) is 3.17. The fourth-order valence-corrected chi connectivity index (χ4v) is 1.92. The molecule has 0 aromatic carbocycles. The van der Waals surface area contributed by atoms with E-state index in [9.17, 15) is 0 Å². The summed E-state index contributed by atoms with van der Waals surface area (Å²) in [6.07, 6.45) is 14.0. The first kappa shape index (κ1) is 11.3. The second kappa shape index (κ2) is 5.85. The number of hydrogen-bond acceptors (Lipinski definition) is 0. The minimum absolute atomic E-state index is 0.748. The summed E-state index contributed by atoms with van der Waals surface area (Å²) in [6.45, 7) is 6.84. The zero-order chi connectivity index (χ0) is 10.4. The lowest BCUT2D eigenvalue weighted by atomic mass is 9.92. The van der Waals surface area contributed by atoms with Crippen molar-refractivity contribution in [3.8, 4) is 0 Å². The molecule has 1 aliphatic rings. The van der Waals surface area contributed by atoms with Gasteiger partial charge in [0.15, 0.2) is 0 Å². The fourth-order valence-electron chi connectivity index (χ4n) is 1.92. The van der Waals surface area contributed by atoms with Crippen LogP contribution in [0.4, 0.5) is 0 Å². The van der Waals surface area contributed by atoms with Crippen LogP contribution in [0.15, 0.2) is 35.5 Å². The molecular formula is C14H22. The molecule has 14 heavy (non-hydrogen) atoms. The first-order chi connectivity index (χ1) is 6.77. The highest BCUT2D eigenvalue weighted by Crippen LogP contribution is 2.24. The van der Waals surface area contributed by atoms with Crippen LogP contribution in [0.2, 0.25) is 0 Å². The van der Waals surface area contributed by atoms with Crippen molar-refractivity contribution < 1.29 is 0 Å². The zero-order valence-corrected chi connectivity index (χ0v) is 9.72. The van der Waals surface area contributed by atoms with Gasteiger partial charge in [0.25, 0.3) is 0 Å². The van der Waals surface area contributed by atoms with E-state index in [0.717, 1.165) is 18.8 Å². The maximum absolute atomic E-state index is 2.40. The molecule has 0 fully saturated rings. The van der Waals surface area contributed by atoms with Gasteiger partial charge in [0.2, 0.25) is 0 Å². The monoisotopic (exact) mass is 190 g/mol. The number of rotatable bonds is 4. The van der Waals surface area contributed by atoms with Crippen LogP contribution >= 0.6 is 0 Å². The first-order valence-electron chi connectivity index (χ1n) is 5.84. The molecule has 1 unspecified atom stereocenters. The van der Waals surface area contributed by atoms with E-state index in [1.165, 1.54) is 18.4 Å². The van der Waals surface area contributed by atoms with Crippen molar-refractivity contribution >= 4 is 0 Å². The minimum atomic E-state index is 0.748. The molecule has 0 saturated heterocycles. The van der Waals surface area contributed by atoms with Crippen molar-refractivity contribution in [2.75, 3.05) is 0 Å². The number of hydrogen-bond donors (Lipinski definition) is 0. The molecule has 0 aromatic heterocycles. The van der Waals surface area contributed by atoms with Crippen molar-refractivity contribution in [3.05, 3.63) is 35.5 Å². The van der Waals surface area contributed by atoms with E-state index < -0.39 is 0 Å². The Labute approximate surface area is 88.4 Å². The molecule has 0 radical (unpaired) electrons. The van der Waals surface area contributed by atoms with Crippen LogP contribution in [0.5, 0.6) is 0 Å². The molecular weight excluding hydrogens is 168 g/mol. The lowest BCUT2D eigenvalue weighted by Gasteiger charge is -2.13. The first-order valence-corrected chi connectivity index (χ1v) is 5.84. The SMILES string of the molecule is CCCC(C)C1=CC(CC)=CC=CC1. The molecule has 0 aliphatic heterocycles. The van der Waals surface area contributed by atoms with Crippen LogP contribution in [0.1, 0.15) is 46.5 Å². The predicted octanol–water partition coefficient (Wildman–Crippen LogP) is 4.65.